The molecule has 0 fully saturated rings. The molecule has 264 valence electrons. The van der Waals surface area contributed by atoms with Gasteiger partial charge in [-0.2, -0.15) is 0 Å². The molecule has 0 aliphatic rings. The Morgan fingerprint density at radius 2 is 0.909 bits per heavy atom. The number of pyridine rings is 2. The van der Waals surface area contributed by atoms with Gasteiger partial charge in [-0.05, 0) is 116 Å². The summed E-state index contributed by atoms with van der Waals surface area (Å²) in [5.41, 5.74) is 16.3. The smallest absolute Gasteiger partial charge is 0.0972 e. The van der Waals surface area contributed by atoms with Crippen LogP contribution >= 0.6 is 0 Å². The van der Waals surface area contributed by atoms with E-state index in [1.54, 1.807) is 0 Å². The highest BCUT2D eigenvalue weighted by Crippen LogP contribution is 2.46. The van der Waals surface area contributed by atoms with E-state index in [9.17, 15) is 0 Å². The van der Waals surface area contributed by atoms with E-state index >= 15 is 0 Å². The normalized spacial score (nSPS) is 12.2. The summed E-state index contributed by atoms with van der Waals surface area (Å²) in [5.74, 6) is 0. The predicted octanol–water partition coefficient (Wildman–Crippen LogP) is 14.6. The Hall–Kier alpha value is -6.38. The van der Waals surface area contributed by atoms with Gasteiger partial charge < -0.3 is 0 Å². The van der Waals surface area contributed by atoms with Gasteiger partial charge in [-0.15, -0.1) is 0 Å². The van der Waals surface area contributed by atoms with Crippen molar-refractivity contribution in [3.63, 3.8) is 0 Å². The van der Waals surface area contributed by atoms with Gasteiger partial charge in [0.15, 0.2) is 0 Å². The van der Waals surface area contributed by atoms with Crippen molar-refractivity contribution < 1.29 is 0 Å². The number of aromatic nitrogens is 2. The number of nitrogens with zero attached hydrogens (tertiary/aromatic N) is 2. The van der Waals surface area contributed by atoms with E-state index in [0.29, 0.717) is 0 Å². The summed E-state index contributed by atoms with van der Waals surface area (Å²) in [6.07, 6.45) is 0. The molecule has 0 amide bonds. The average molecular weight is 707 g/mol. The molecule has 0 aliphatic carbocycles. The fourth-order valence-corrected chi connectivity index (χ4v) is 8.92. The molecule has 8 aromatic carbocycles. The maximum atomic E-state index is 5.26. The van der Waals surface area contributed by atoms with E-state index < -0.39 is 0 Å². The van der Waals surface area contributed by atoms with Crippen LogP contribution in [0, 0.1) is 20.8 Å². The lowest BCUT2D eigenvalue weighted by Crippen LogP contribution is -2.10. The van der Waals surface area contributed by atoms with Gasteiger partial charge in [-0.25, -0.2) is 9.97 Å². The Kier molecular flexibility index (Phi) is 7.44. The maximum Gasteiger partial charge on any atom is 0.0972 e. The lowest BCUT2D eigenvalue weighted by atomic mass is 9.80. The highest BCUT2D eigenvalue weighted by molar-refractivity contribution is 6.28. The number of rotatable bonds is 4. The number of fused-ring (bicyclic) bond motifs is 3. The first kappa shape index (κ1) is 33.2. The van der Waals surface area contributed by atoms with Gasteiger partial charge in [0.2, 0.25) is 0 Å². The minimum atomic E-state index is 0.0628. The van der Waals surface area contributed by atoms with Crippen molar-refractivity contribution in [1.82, 2.24) is 9.97 Å². The fourth-order valence-electron chi connectivity index (χ4n) is 8.92. The standard InChI is InChI=1S/C53H42N2/c1-31-26-32(2)48(33(3)27-31)45-30-44(42-22-18-39-28-41(53(4,5)6)29-40-19-23-43(45)50(42)49(39)40)34-12-14-36(15-13-34)47-25-21-38-17-16-37-20-24-46(35-10-8-7-9-11-35)54-51(37)52(38)55-47/h7-30H,1-6H3. The number of hydrogen-bond donors (Lipinski definition) is 0. The monoisotopic (exact) mass is 706 g/mol. The van der Waals surface area contributed by atoms with Gasteiger partial charge in [-0.3, -0.25) is 0 Å². The van der Waals surface area contributed by atoms with Crippen LogP contribution in [-0.4, -0.2) is 9.97 Å². The molecule has 2 nitrogen and oxygen atoms in total. The molecule has 2 heteroatoms. The van der Waals surface area contributed by atoms with Crippen molar-refractivity contribution in [2.24, 2.45) is 0 Å². The zero-order valence-electron chi connectivity index (χ0n) is 32.3. The summed E-state index contributed by atoms with van der Waals surface area (Å²) in [6, 6.07) is 53.5. The van der Waals surface area contributed by atoms with Gasteiger partial charge in [0.1, 0.15) is 0 Å². The second kappa shape index (κ2) is 12.3. The van der Waals surface area contributed by atoms with E-state index in [0.717, 1.165) is 44.3 Å². The first-order chi connectivity index (χ1) is 26.6. The topological polar surface area (TPSA) is 25.8 Å². The molecular weight excluding hydrogens is 665 g/mol. The Bertz CT molecular complexity index is 3090. The molecule has 0 unspecified atom stereocenters. The molecular formula is C53H42N2. The Labute approximate surface area is 322 Å². The minimum absolute atomic E-state index is 0.0628. The molecule has 0 bridgehead atoms. The van der Waals surface area contributed by atoms with E-state index in [2.05, 4.69) is 181 Å². The third-order valence-corrected chi connectivity index (χ3v) is 11.6. The molecule has 55 heavy (non-hydrogen) atoms. The Morgan fingerprint density at radius 1 is 0.418 bits per heavy atom. The van der Waals surface area contributed by atoms with Gasteiger partial charge in [-0.1, -0.05) is 154 Å². The molecule has 0 radical (unpaired) electrons. The molecule has 0 N–H and O–H groups in total. The van der Waals surface area contributed by atoms with Crippen LogP contribution in [0.5, 0.6) is 0 Å². The van der Waals surface area contributed by atoms with Gasteiger partial charge in [0.25, 0.3) is 0 Å². The average Bonchev–Trinajstić information content (AvgIpc) is 3.19. The fraction of sp³-hybridized carbons (Fsp3) is 0.132. The van der Waals surface area contributed by atoms with E-state index in [1.807, 2.05) is 6.07 Å². The van der Waals surface area contributed by atoms with E-state index in [4.69, 9.17) is 9.97 Å². The predicted molar refractivity (Wildman–Crippen MR) is 235 cm³/mol. The molecule has 0 aliphatic heterocycles. The minimum Gasteiger partial charge on any atom is -0.245 e. The first-order valence-electron chi connectivity index (χ1n) is 19.3. The second-order valence-electron chi connectivity index (χ2n) is 16.4. The summed E-state index contributed by atoms with van der Waals surface area (Å²) in [5, 5.41) is 10.1. The molecule has 10 rings (SSSR count). The summed E-state index contributed by atoms with van der Waals surface area (Å²) in [7, 11) is 0. The van der Waals surface area contributed by atoms with Crippen LogP contribution in [0.4, 0.5) is 0 Å². The Morgan fingerprint density at radius 3 is 1.47 bits per heavy atom. The van der Waals surface area contributed by atoms with Crippen molar-refractivity contribution in [2.75, 3.05) is 0 Å². The third-order valence-electron chi connectivity index (χ3n) is 11.6. The van der Waals surface area contributed by atoms with Crippen LogP contribution in [-0.2, 0) is 5.41 Å². The second-order valence-corrected chi connectivity index (χ2v) is 16.4. The largest absolute Gasteiger partial charge is 0.245 e. The highest BCUT2D eigenvalue weighted by atomic mass is 14.8. The lowest BCUT2D eigenvalue weighted by Gasteiger charge is -2.23. The van der Waals surface area contributed by atoms with Gasteiger partial charge in [0, 0.05) is 21.9 Å². The van der Waals surface area contributed by atoms with Gasteiger partial charge >= 0.3 is 0 Å². The molecule has 0 spiro atoms. The number of benzene rings is 8. The number of aryl methyl sites for hydroxylation is 3. The van der Waals surface area contributed by atoms with Crippen molar-refractivity contribution in [1.29, 1.82) is 0 Å². The quantitative estimate of drug-likeness (QED) is 0.170. The third kappa shape index (κ3) is 5.47. The van der Waals surface area contributed by atoms with E-state index in [1.165, 1.54) is 76.8 Å². The summed E-state index contributed by atoms with van der Waals surface area (Å²) < 4.78 is 0. The van der Waals surface area contributed by atoms with Crippen molar-refractivity contribution in [2.45, 2.75) is 47.0 Å². The maximum absolute atomic E-state index is 5.26. The summed E-state index contributed by atoms with van der Waals surface area (Å²) in [6.45, 7) is 13.6. The SMILES string of the molecule is Cc1cc(C)c(-c2cc(-c3ccc(-c4ccc5ccc6ccc(-c7ccccc7)nc6c5n4)cc3)c3ccc4cc(C(C)(C)C)cc5ccc2c3c45)c(C)c1. The van der Waals surface area contributed by atoms with Crippen LogP contribution in [0.3, 0.4) is 0 Å². The molecule has 2 aromatic heterocycles. The van der Waals surface area contributed by atoms with Crippen LogP contribution < -0.4 is 0 Å². The lowest BCUT2D eigenvalue weighted by molar-refractivity contribution is 0.591. The van der Waals surface area contributed by atoms with Crippen molar-refractivity contribution >= 4 is 54.1 Å². The molecule has 0 saturated heterocycles. The van der Waals surface area contributed by atoms with Crippen molar-refractivity contribution in [3.8, 4) is 44.8 Å². The van der Waals surface area contributed by atoms with Crippen LogP contribution in [0.2, 0.25) is 0 Å². The Balaban J connectivity index is 1.15. The summed E-state index contributed by atoms with van der Waals surface area (Å²) >= 11 is 0. The van der Waals surface area contributed by atoms with Crippen LogP contribution in [0.25, 0.3) is 98.9 Å². The zero-order chi connectivity index (χ0) is 37.6. The van der Waals surface area contributed by atoms with E-state index in [-0.39, 0.29) is 5.41 Å². The number of hydrogen-bond acceptors (Lipinski definition) is 2. The van der Waals surface area contributed by atoms with Crippen molar-refractivity contribution in [3.05, 3.63) is 168 Å². The molecule has 0 atom stereocenters. The molecule has 2 heterocycles. The zero-order valence-corrected chi connectivity index (χ0v) is 32.3. The first-order valence-corrected chi connectivity index (χ1v) is 19.3. The highest BCUT2D eigenvalue weighted by Gasteiger charge is 2.21. The van der Waals surface area contributed by atoms with Gasteiger partial charge in [0.05, 0.1) is 22.4 Å². The molecule has 10 aromatic rings. The van der Waals surface area contributed by atoms with Crippen LogP contribution in [0.1, 0.15) is 43.0 Å². The van der Waals surface area contributed by atoms with Crippen LogP contribution in [0.15, 0.2) is 146 Å². The summed E-state index contributed by atoms with van der Waals surface area (Å²) in [4.78, 5) is 10.4. The molecule has 0 saturated carbocycles.